The molecule has 2 N–H and O–H groups in total. The van der Waals surface area contributed by atoms with Crippen LogP contribution in [-0.2, 0) is 4.79 Å². The molecule has 0 aliphatic carbocycles. The van der Waals surface area contributed by atoms with E-state index in [0.717, 1.165) is 5.56 Å². The Morgan fingerprint density at radius 2 is 2.29 bits per heavy atom. The molecule has 0 unspecified atom stereocenters. The van der Waals surface area contributed by atoms with Crippen LogP contribution in [0.1, 0.15) is 5.56 Å². The van der Waals surface area contributed by atoms with E-state index in [1.165, 1.54) is 13.3 Å². The number of methoxy groups -OCH3 is 1. The van der Waals surface area contributed by atoms with Gasteiger partial charge in [-0.15, -0.1) is 0 Å². The molecule has 4 heteroatoms. The third-order valence-corrected chi connectivity index (χ3v) is 1.64. The van der Waals surface area contributed by atoms with Crippen LogP contribution in [0.5, 0.6) is 11.5 Å². The van der Waals surface area contributed by atoms with Crippen molar-refractivity contribution < 1.29 is 14.6 Å². The lowest BCUT2D eigenvalue weighted by Crippen LogP contribution is -1.97. The van der Waals surface area contributed by atoms with Gasteiger partial charge in [0, 0.05) is 6.20 Å². The summed E-state index contributed by atoms with van der Waals surface area (Å²) in [4.78, 5) is 9.93. The van der Waals surface area contributed by atoms with Gasteiger partial charge in [-0.25, -0.2) is 0 Å². The monoisotopic (exact) mass is 193 g/mol. The number of amides is 1. The summed E-state index contributed by atoms with van der Waals surface area (Å²) in [7, 11) is 1.48. The lowest BCUT2D eigenvalue weighted by molar-refractivity contribution is -0.108. The van der Waals surface area contributed by atoms with Gasteiger partial charge in [0.25, 0.3) is 0 Å². The van der Waals surface area contributed by atoms with E-state index in [9.17, 15) is 9.90 Å². The lowest BCUT2D eigenvalue weighted by Gasteiger charge is -2.02. The van der Waals surface area contributed by atoms with Crippen molar-refractivity contribution in [2.24, 2.45) is 0 Å². The fourth-order valence-corrected chi connectivity index (χ4v) is 0.994. The first kappa shape index (κ1) is 10.1. The molecule has 0 fully saturated rings. The third kappa shape index (κ3) is 2.52. The van der Waals surface area contributed by atoms with E-state index in [1.807, 2.05) is 0 Å². The molecule has 0 bridgehead atoms. The van der Waals surface area contributed by atoms with E-state index in [1.54, 1.807) is 24.3 Å². The Kier molecular flexibility index (Phi) is 3.55. The predicted molar refractivity (Wildman–Crippen MR) is 52.9 cm³/mol. The summed E-state index contributed by atoms with van der Waals surface area (Å²) >= 11 is 0. The zero-order valence-electron chi connectivity index (χ0n) is 7.73. The summed E-state index contributed by atoms with van der Waals surface area (Å²) in [6.07, 6.45) is 3.71. The van der Waals surface area contributed by atoms with Crippen molar-refractivity contribution in [1.29, 1.82) is 0 Å². The number of carbonyl (C=O) groups is 1. The molecule has 1 amide bonds. The molecule has 0 spiro atoms. The van der Waals surface area contributed by atoms with Crippen LogP contribution < -0.4 is 10.1 Å². The highest BCUT2D eigenvalue weighted by Crippen LogP contribution is 2.26. The number of aromatic hydroxyl groups is 1. The molecule has 1 rings (SSSR count). The molecule has 74 valence electrons. The molecule has 0 heterocycles. The number of carbonyl (C=O) groups excluding carboxylic acids is 1. The van der Waals surface area contributed by atoms with Gasteiger partial charge in [-0.3, -0.25) is 4.79 Å². The minimum absolute atomic E-state index is 0.0701. The number of hydrogen-bond acceptors (Lipinski definition) is 3. The lowest BCUT2D eigenvalue weighted by atomic mass is 10.2. The zero-order valence-corrected chi connectivity index (χ0v) is 7.73. The third-order valence-electron chi connectivity index (χ3n) is 1.64. The Balaban J connectivity index is 2.80. The Labute approximate surface area is 81.8 Å². The highest BCUT2D eigenvalue weighted by Gasteiger charge is 1.99. The minimum atomic E-state index is 0.0701. The molecule has 0 saturated carbocycles. The molecule has 0 saturated heterocycles. The van der Waals surface area contributed by atoms with E-state index in [0.29, 0.717) is 12.2 Å². The average molecular weight is 193 g/mol. The van der Waals surface area contributed by atoms with Gasteiger partial charge in [0.2, 0.25) is 6.41 Å². The number of hydrogen-bond donors (Lipinski definition) is 2. The topological polar surface area (TPSA) is 58.6 Å². The van der Waals surface area contributed by atoms with Crippen LogP contribution in [0.2, 0.25) is 0 Å². The second-order valence-corrected chi connectivity index (χ2v) is 2.55. The van der Waals surface area contributed by atoms with Crippen LogP contribution in [0.25, 0.3) is 6.08 Å². The molecular weight excluding hydrogens is 182 g/mol. The van der Waals surface area contributed by atoms with Gasteiger partial charge >= 0.3 is 0 Å². The molecule has 0 aromatic heterocycles. The van der Waals surface area contributed by atoms with E-state index in [2.05, 4.69) is 5.32 Å². The molecule has 0 atom stereocenters. The first-order valence-electron chi connectivity index (χ1n) is 4.01. The number of phenols is 1. The van der Waals surface area contributed by atoms with Gasteiger partial charge in [-0.05, 0) is 23.8 Å². The number of rotatable bonds is 4. The summed E-state index contributed by atoms with van der Waals surface area (Å²) in [5, 5.41) is 11.8. The summed E-state index contributed by atoms with van der Waals surface area (Å²) < 4.78 is 4.88. The minimum Gasteiger partial charge on any atom is -0.504 e. The van der Waals surface area contributed by atoms with E-state index in [-0.39, 0.29) is 5.75 Å². The van der Waals surface area contributed by atoms with E-state index in [4.69, 9.17) is 4.74 Å². The van der Waals surface area contributed by atoms with Crippen molar-refractivity contribution in [1.82, 2.24) is 5.32 Å². The number of ether oxygens (including phenoxy) is 1. The van der Waals surface area contributed by atoms with Crippen LogP contribution in [0.15, 0.2) is 24.4 Å². The zero-order chi connectivity index (χ0) is 10.4. The van der Waals surface area contributed by atoms with E-state index < -0.39 is 0 Å². The van der Waals surface area contributed by atoms with Crippen LogP contribution in [0.3, 0.4) is 0 Å². The summed E-state index contributed by atoms with van der Waals surface area (Å²) in [5.74, 6) is 0.492. The smallest absolute Gasteiger partial charge is 0.211 e. The van der Waals surface area contributed by atoms with Crippen molar-refractivity contribution in [3.63, 3.8) is 0 Å². The quantitative estimate of drug-likeness (QED) is 0.704. The van der Waals surface area contributed by atoms with Gasteiger partial charge in [-0.1, -0.05) is 6.07 Å². The largest absolute Gasteiger partial charge is 0.504 e. The van der Waals surface area contributed by atoms with Crippen molar-refractivity contribution in [2.75, 3.05) is 7.11 Å². The van der Waals surface area contributed by atoms with Crippen molar-refractivity contribution >= 4 is 12.5 Å². The van der Waals surface area contributed by atoms with Gasteiger partial charge in [-0.2, -0.15) is 0 Å². The summed E-state index contributed by atoms with van der Waals surface area (Å²) in [5.41, 5.74) is 0.776. The van der Waals surface area contributed by atoms with Crippen LogP contribution >= 0.6 is 0 Å². The highest BCUT2D eigenvalue weighted by atomic mass is 16.5. The van der Waals surface area contributed by atoms with Crippen molar-refractivity contribution in [3.05, 3.63) is 30.0 Å². The second kappa shape index (κ2) is 4.91. The van der Waals surface area contributed by atoms with Crippen molar-refractivity contribution in [3.8, 4) is 11.5 Å². The highest BCUT2D eigenvalue weighted by molar-refractivity contribution is 5.58. The maximum absolute atomic E-state index is 9.93. The fraction of sp³-hybridized carbons (Fsp3) is 0.100. The van der Waals surface area contributed by atoms with Gasteiger partial charge in [0.15, 0.2) is 11.5 Å². The van der Waals surface area contributed by atoms with Crippen molar-refractivity contribution in [2.45, 2.75) is 0 Å². The maximum Gasteiger partial charge on any atom is 0.211 e. The average Bonchev–Trinajstić information content (AvgIpc) is 2.18. The molecule has 14 heavy (non-hydrogen) atoms. The molecular formula is C10H11NO3. The van der Waals surface area contributed by atoms with Gasteiger partial charge in [0.05, 0.1) is 7.11 Å². The molecule has 0 aliphatic heterocycles. The first-order chi connectivity index (χ1) is 6.77. The Bertz CT molecular complexity index is 347. The summed E-state index contributed by atoms with van der Waals surface area (Å²) in [6.45, 7) is 0. The first-order valence-corrected chi connectivity index (χ1v) is 4.01. The van der Waals surface area contributed by atoms with E-state index >= 15 is 0 Å². The second-order valence-electron chi connectivity index (χ2n) is 2.55. The molecule has 4 nitrogen and oxygen atoms in total. The maximum atomic E-state index is 9.93. The SMILES string of the molecule is COc1ccc(C=CNC=O)cc1O. The molecule has 1 aromatic rings. The van der Waals surface area contributed by atoms with Gasteiger partial charge < -0.3 is 15.2 Å². The Morgan fingerprint density at radius 1 is 1.50 bits per heavy atom. The standard InChI is InChI=1S/C10H11NO3/c1-14-10-3-2-8(6-9(10)13)4-5-11-7-12/h2-7,13H,1H3,(H,11,12). The van der Waals surface area contributed by atoms with Crippen LogP contribution in [-0.4, -0.2) is 18.6 Å². The number of benzene rings is 1. The summed E-state index contributed by atoms with van der Waals surface area (Å²) in [6, 6.07) is 4.96. The van der Waals surface area contributed by atoms with Crippen LogP contribution in [0, 0.1) is 0 Å². The molecule has 1 aromatic carbocycles. The Morgan fingerprint density at radius 3 is 2.86 bits per heavy atom. The van der Waals surface area contributed by atoms with Gasteiger partial charge in [0.1, 0.15) is 0 Å². The fourth-order valence-electron chi connectivity index (χ4n) is 0.994. The molecule has 0 radical (unpaired) electrons. The predicted octanol–water partition coefficient (Wildman–Crippen LogP) is 1.12. The Hall–Kier alpha value is -1.97. The number of phenolic OH excluding ortho intramolecular Hbond substituents is 1. The normalized spacial score (nSPS) is 10.1. The van der Waals surface area contributed by atoms with Crippen LogP contribution in [0.4, 0.5) is 0 Å². The molecule has 0 aliphatic rings. The number of nitrogens with one attached hydrogen (secondary N) is 1.